The average molecular weight is 306 g/mol. The molecule has 0 spiro atoms. The normalized spacial score (nSPS) is 16.4. The van der Waals surface area contributed by atoms with Crippen molar-refractivity contribution < 1.29 is 14.7 Å². The van der Waals surface area contributed by atoms with E-state index in [1.807, 2.05) is 0 Å². The minimum atomic E-state index is -1.03. The highest BCUT2D eigenvalue weighted by molar-refractivity contribution is 8.00. The highest BCUT2D eigenvalue weighted by atomic mass is 32.2. The van der Waals surface area contributed by atoms with Crippen molar-refractivity contribution in [1.29, 1.82) is 0 Å². The Bertz CT molecular complexity index is 562. The number of hydrogen-bond acceptors (Lipinski definition) is 4. The Kier molecular flexibility index (Phi) is 5.01. The molecule has 0 radical (unpaired) electrons. The topological polar surface area (TPSA) is 79.3 Å². The van der Waals surface area contributed by atoms with E-state index in [1.165, 1.54) is 24.9 Å². The third-order valence-electron chi connectivity index (χ3n) is 3.71. The first-order valence-electron chi connectivity index (χ1n) is 6.74. The lowest BCUT2D eigenvalue weighted by Gasteiger charge is -2.40. The minimum absolute atomic E-state index is 0.173. The van der Waals surface area contributed by atoms with Crippen LogP contribution in [-0.2, 0) is 4.79 Å². The molecule has 0 aromatic carbocycles. The Morgan fingerprint density at radius 1 is 1.48 bits per heavy atom. The van der Waals surface area contributed by atoms with Crippen LogP contribution in [0.4, 0.5) is 0 Å². The number of carboxylic acids is 1. The maximum atomic E-state index is 12.1. The number of nitrogens with zero attached hydrogens (tertiary/aromatic N) is 1. The van der Waals surface area contributed by atoms with E-state index in [2.05, 4.69) is 16.6 Å². The highest BCUT2D eigenvalue weighted by Crippen LogP contribution is 2.42. The van der Waals surface area contributed by atoms with Gasteiger partial charge in [0.15, 0.2) is 0 Å². The predicted octanol–water partition coefficient (Wildman–Crippen LogP) is 2.19. The molecule has 1 saturated carbocycles. The highest BCUT2D eigenvalue weighted by Gasteiger charge is 2.36. The molecule has 0 bridgehead atoms. The Labute approximate surface area is 127 Å². The maximum Gasteiger partial charge on any atom is 0.328 e. The fraction of sp³-hybridized carbons (Fsp3) is 0.400. The molecule has 0 saturated heterocycles. The first-order valence-corrected chi connectivity index (χ1v) is 7.96. The number of hydrogen-bond donors (Lipinski definition) is 2. The number of pyridine rings is 1. The van der Waals surface area contributed by atoms with Crippen molar-refractivity contribution in [2.75, 3.05) is 12.8 Å². The standard InChI is InChI=1S/C15H18N2O3S/c1-21-15(5-2-6-15)10-17-14(20)12-7-11(8-16-9-12)3-4-13(18)19/h3-4,7-9H,2,5-6,10H2,1H3,(H,17,20)(H,18,19)/b4-3+. The van der Waals surface area contributed by atoms with Gasteiger partial charge in [0.1, 0.15) is 0 Å². The lowest BCUT2D eigenvalue weighted by Crippen LogP contribution is -2.45. The molecule has 1 aromatic rings. The summed E-state index contributed by atoms with van der Waals surface area (Å²) in [5, 5.41) is 11.5. The quantitative estimate of drug-likeness (QED) is 0.788. The molecule has 112 valence electrons. The lowest BCUT2D eigenvalue weighted by atomic mass is 9.84. The lowest BCUT2D eigenvalue weighted by molar-refractivity contribution is -0.131. The average Bonchev–Trinajstić information content (AvgIpc) is 2.44. The van der Waals surface area contributed by atoms with Crippen LogP contribution >= 0.6 is 11.8 Å². The van der Waals surface area contributed by atoms with Crippen molar-refractivity contribution in [2.24, 2.45) is 0 Å². The fourth-order valence-corrected chi connectivity index (χ4v) is 3.12. The molecule has 21 heavy (non-hydrogen) atoms. The van der Waals surface area contributed by atoms with Crippen LogP contribution in [0.5, 0.6) is 0 Å². The summed E-state index contributed by atoms with van der Waals surface area (Å²) in [6.45, 7) is 0.655. The third-order valence-corrected chi connectivity index (χ3v) is 5.13. The van der Waals surface area contributed by atoms with Crippen molar-refractivity contribution in [3.63, 3.8) is 0 Å². The van der Waals surface area contributed by atoms with Crippen LogP contribution in [0.3, 0.4) is 0 Å². The number of carboxylic acid groups (broad SMARTS) is 1. The van der Waals surface area contributed by atoms with Gasteiger partial charge in [-0.05, 0) is 36.8 Å². The van der Waals surface area contributed by atoms with Crippen molar-refractivity contribution >= 4 is 29.7 Å². The van der Waals surface area contributed by atoms with Crippen molar-refractivity contribution in [3.8, 4) is 0 Å². The number of aromatic nitrogens is 1. The Morgan fingerprint density at radius 3 is 2.81 bits per heavy atom. The van der Waals surface area contributed by atoms with Crippen LogP contribution in [-0.4, -0.2) is 39.5 Å². The number of aliphatic carboxylic acids is 1. The maximum absolute atomic E-state index is 12.1. The molecule has 2 N–H and O–H groups in total. The molecule has 0 aliphatic heterocycles. The second-order valence-electron chi connectivity index (χ2n) is 5.10. The largest absolute Gasteiger partial charge is 0.478 e. The Morgan fingerprint density at radius 2 is 2.24 bits per heavy atom. The Hall–Kier alpha value is -1.82. The van der Waals surface area contributed by atoms with Gasteiger partial charge in [0.2, 0.25) is 0 Å². The smallest absolute Gasteiger partial charge is 0.328 e. The molecule has 6 heteroatoms. The predicted molar refractivity (Wildman–Crippen MR) is 83.3 cm³/mol. The molecule has 1 heterocycles. The summed E-state index contributed by atoms with van der Waals surface area (Å²) in [5.74, 6) is -1.20. The van der Waals surface area contributed by atoms with E-state index in [4.69, 9.17) is 5.11 Å². The summed E-state index contributed by atoms with van der Waals surface area (Å²) < 4.78 is 0.184. The number of rotatable bonds is 6. The van der Waals surface area contributed by atoms with Gasteiger partial charge in [-0.1, -0.05) is 6.42 Å². The molecule has 1 amide bonds. The molecule has 0 atom stereocenters. The summed E-state index contributed by atoms with van der Waals surface area (Å²) in [4.78, 5) is 26.6. The summed E-state index contributed by atoms with van der Waals surface area (Å²) in [7, 11) is 0. The van der Waals surface area contributed by atoms with Gasteiger partial charge in [-0.2, -0.15) is 11.8 Å². The van der Waals surface area contributed by atoms with Crippen LogP contribution in [0.15, 0.2) is 24.5 Å². The van der Waals surface area contributed by atoms with E-state index in [1.54, 1.807) is 17.8 Å². The zero-order valence-corrected chi connectivity index (χ0v) is 12.7. The second kappa shape index (κ2) is 6.76. The molecule has 1 aromatic heterocycles. The van der Waals surface area contributed by atoms with Gasteiger partial charge in [-0.3, -0.25) is 9.78 Å². The van der Waals surface area contributed by atoms with E-state index >= 15 is 0 Å². The molecule has 2 rings (SSSR count). The van der Waals surface area contributed by atoms with Crippen LogP contribution < -0.4 is 5.32 Å². The first-order chi connectivity index (χ1) is 10.0. The Balaban J connectivity index is 1.99. The van der Waals surface area contributed by atoms with Gasteiger partial charge < -0.3 is 10.4 Å². The van der Waals surface area contributed by atoms with Crippen LogP contribution in [0, 0.1) is 0 Å². The number of nitrogens with one attached hydrogen (secondary N) is 1. The van der Waals surface area contributed by atoms with E-state index in [-0.39, 0.29) is 10.7 Å². The molecule has 0 unspecified atom stereocenters. The number of carbonyl (C=O) groups excluding carboxylic acids is 1. The number of amides is 1. The molecule has 1 aliphatic carbocycles. The number of thioether (sulfide) groups is 1. The van der Waals surface area contributed by atoms with Crippen molar-refractivity contribution in [3.05, 3.63) is 35.7 Å². The van der Waals surface area contributed by atoms with E-state index in [0.29, 0.717) is 17.7 Å². The van der Waals surface area contributed by atoms with Gasteiger partial charge in [-0.15, -0.1) is 0 Å². The van der Waals surface area contributed by atoms with Crippen LogP contribution in [0.1, 0.15) is 35.2 Å². The van der Waals surface area contributed by atoms with Gasteiger partial charge in [0, 0.05) is 29.8 Å². The molecular weight excluding hydrogens is 288 g/mol. The molecule has 1 aliphatic rings. The molecular formula is C15H18N2O3S. The van der Waals surface area contributed by atoms with Crippen LogP contribution in [0.2, 0.25) is 0 Å². The zero-order chi connectivity index (χ0) is 15.3. The summed E-state index contributed by atoms with van der Waals surface area (Å²) in [6.07, 6.45) is 11.0. The SMILES string of the molecule is CSC1(CNC(=O)c2cncc(/C=C/C(=O)O)c2)CCC1. The molecule has 5 nitrogen and oxygen atoms in total. The van der Waals surface area contributed by atoms with Crippen molar-refractivity contribution in [2.45, 2.75) is 24.0 Å². The minimum Gasteiger partial charge on any atom is -0.478 e. The molecule has 1 fully saturated rings. The van der Waals surface area contributed by atoms with Gasteiger partial charge in [-0.25, -0.2) is 4.79 Å². The van der Waals surface area contributed by atoms with E-state index in [0.717, 1.165) is 18.9 Å². The van der Waals surface area contributed by atoms with E-state index < -0.39 is 5.97 Å². The van der Waals surface area contributed by atoms with Crippen molar-refractivity contribution in [1.82, 2.24) is 10.3 Å². The van der Waals surface area contributed by atoms with E-state index in [9.17, 15) is 9.59 Å². The van der Waals surface area contributed by atoms with Gasteiger partial charge >= 0.3 is 5.97 Å². The number of carbonyl (C=O) groups is 2. The summed E-state index contributed by atoms with van der Waals surface area (Å²) in [5.41, 5.74) is 1.03. The monoisotopic (exact) mass is 306 g/mol. The summed E-state index contributed by atoms with van der Waals surface area (Å²) in [6, 6.07) is 1.63. The zero-order valence-electron chi connectivity index (χ0n) is 11.8. The third kappa shape index (κ3) is 4.07. The van der Waals surface area contributed by atoms with Gasteiger partial charge in [0.25, 0.3) is 5.91 Å². The first kappa shape index (κ1) is 15.6. The summed E-state index contributed by atoms with van der Waals surface area (Å²) >= 11 is 1.80. The fourth-order valence-electron chi connectivity index (χ4n) is 2.21. The van der Waals surface area contributed by atoms with Crippen LogP contribution in [0.25, 0.3) is 6.08 Å². The second-order valence-corrected chi connectivity index (χ2v) is 6.38. The van der Waals surface area contributed by atoms with Gasteiger partial charge in [0.05, 0.1) is 5.56 Å².